The molecule has 3 aromatic rings. The molecule has 0 unspecified atom stereocenters. The zero-order valence-corrected chi connectivity index (χ0v) is 24.4. The maximum Gasteiger partial charge on any atom is 0.320 e. The SMILES string of the molecule is CCOC(=O)CN1CCN(CC=CC(=O)Nc2cc3c(N[C@H](C)c4ccccc4)ncnc3cc2OCC2CC2)CC1. The van der Waals surface area contributed by atoms with Crippen LogP contribution in [0.15, 0.2) is 60.9 Å². The Labute approximate surface area is 247 Å². The Hall–Kier alpha value is -4.02. The van der Waals surface area contributed by atoms with E-state index in [0.29, 0.717) is 49.5 Å². The molecule has 1 saturated carbocycles. The van der Waals surface area contributed by atoms with E-state index >= 15 is 0 Å². The largest absolute Gasteiger partial charge is 0.491 e. The number of anilines is 2. The van der Waals surface area contributed by atoms with Crippen molar-refractivity contribution in [2.45, 2.75) is 32.7 Å². The summed E-state index contributed by atoms with van der Waals surface area (Å²) in [5.74, 6) is 1.46. The number of rotatable bonds is 13. The summed E-state index contributed by atoms with van der Waals surface area (Å²) in [4.78, 5) is 38.1. The van der Waals surface area contributed by atoms with Crippen LogP contribution in [0.4, 0.5) is 11.5 Å². The molecule has 0 spiro atoms. The average Bonchev–Trinajstić information content (AvgIpc) is 3.82. The molecule has 2 N–H and O–H groups in total. The second kappa shape index (κ2) is 14.2. The van der Waals surface area contributed by atoms with Crippen LogP contribution >= 0.6 is 0 Å². The van der Waals surface area contributed by atoms with E-state index in [4.69, 9.17) is 9.47 Å². The van der Waals surface area contributed by atoms with Crippen LogP contribution in [-0.2, 0) is 14.3 Å². The van der Waals surface area contributed by atoms with Gasteiger partial charge in [0.2, 0.25) is 5.91 Å². The van der Waals surface area contributed by atoms with Gasteiger partial charge in [-0.1, -0.05) is 36.4 Å². The number of amides is 1. The molecule has 10 heteroatoms. The van der Waals surface area contributed by atoms with Crippen LogP contribution in [0, 0.1) is 5.92 Å². The van der Waals surface area contributed by atoms with Crippen molar-refractivity contribution < 1.29 is 19.1 Å². The molecule has 5 rings (SSSR count). The summed E-state index contributed by atoms with van der Waals surface area (Å²) >= 11 is 0. The van der Waals surface area contributed by atoms with Gasteiger partial charge in [0.1, 0.15) is 17.9 Å². The lowest BCUT2D eigenvalue weighted by Crippen LogP contribution is -2.48. The van der Waals surface area contributed by atoms with E-state index in [1.165, 1.54) is 12.8 Å². The van der Waals surface area contributed by atoms with Crippen molar-refractivity contribution in [3.63, 3.8) is 0 Å². The third kappa shape index (κ3) is 8.27. The molecule has 1 aliphatic carbocycles. The Kier molecular flexibility index (Phi) is 9.99. The number of nitrogens with one attached hydrogen (secondary N) is 2. The molecule has 2 aromatic carbocycles. The summed E-state index contributed by atoms with van der Waals surface area (Å²) in [6, 6.07) is 14.0. The van der Waals surface area contributed by atoms with E-state index in [0.717, 1.165) is 42.6 Å². The van der Waals surface area contributed by atoms with Gasteiger partial charge in [-0.05, 0) is 44.2 Å². The normalized spacial score (nSPS) is 16.8. The lowest BCUT2D eigenvalue weighted by molar-refractivity contribution is -0.144. The monoisotopic (exact) mass is 572 g/mol. The Bertz CT molecular complexity index is 1390. The Morgan fingerprint density at radius 1 is 1.07 bits per heavy atom. The summed E-state index contributed by atoms with van der Waals surface area (Å²) in [6.45, 7) is 9.14. The van der Waals surface area contributed by atoms with Crippen LogP contribution in [-0.4, -0.2) is 84.1 Å². The van der Waals surface area contributed by atoms with Gasteiger partial charge in [-0.15, -0.1) is 0 Å². The summed E-state index contributed by atoms with van der Waals surface area (Å²) in [7, 11) is 0. The topological polar surface area (TPSA) is 109 Å². The third-order valence-corrected chi connectivity index (χ3v) is 7.57. The first-order valence-corrected chi connectivity index (χ1v) is 14.8. The fraction of sp³-hybridized carbons (Fsp3) is 0.438. The van der Waals surface area contributed by atoms with Gasteiger partial charge in [-0.2, -0.15) is 0 Å². The number of ether oxygens (including phenoxy) is 2. The Morgan fingerprint density at radius 3 is 2.57 bits per heavy atom. The number of aromatic nitrogens is 2. The van der Waals surface area contributed by atoms with E-state index in [-0.39, 0.29) is 17.9 Å². The Morgan fingerprint density at radius 2 is 1.83 bits per heavy atom. The standard InChI is InChI=1S/C32H40N6O4/c1-3-41-31(40)20-38-16-14-37(15-17-38)13-7-10-30(39)36-28-18-26-27(19-29(28)42-21-24-11-12-24)33-22-34-32(26)35-23(2)25-8-5-4-6-9-25/h4-10,18-19,22-24H,3,11-17,20-21H2,1-2H3,(H,36,39)(H,33,34,35)/t23-/m1/s1. The lowest BCUT2D eigenvalue weighted by atomic mass is 10.1. The molecule has 2 fully saturated rings. The number of esters is 1. The van der Waals surface area contributed by atoms with Crippen LogP contribution in [0.3, 0.4) is 0 Å². The molecular formula is C32H40N6O4. The van der Waals surface area contributed by atoms with Gasteiger partial charge in [-0.3, -0.25) is 19.4 Å². The van der Waals surface area contributed by atoms with Gasteiger partial charge in [0.15, 0.2) is 0 Å². The molecule has 0 bridgehead atoms. The Balaban J connectivity index is 1.24. The zero-order valence-electron chi connectivity index (χ0n) is 24.4. The smallest absolute Gasteiger partial charge is 0.320 e. The van der Waals surface area contributed by atoms with Crippen molar-refractivity contribution in [1.29, 1.82) is 0 Å². The molecule has 2 aliphatic rings. The van der Waals surface area contributed by atoms with Crippen LogP contribution in [0.5, 0.6) is 5.75 Å². The molecule has 1 amide bonds. The van der Waals surface area contributed by atoms with Gasteiger partial charge in [-0.25, -0.2) is 9.97 Å². The first-order chi connectivity index (χ1) is 20.5. The van der Waals surface area contributed by atoms with Gasteiger partial charge in [0, 0.05) is 56.3 Å². The fourth-order valence-electron chi connectivity index (χ4n) is 4.94. The van der Waals surface area contributed by atoms with Gasteiger partial charge in [0.25, 0.3) is 0 Å². The highest BCUT2D eigenvalue weighted by Gasteiger charge is 2.23. The predicted molar refractivity (Wildman–Crippen MR) is 164 cm³/mol. The minimum absolute atomic E-state index is 0.0306. The number of nitrogens with zero attached hydrogens (tertiary/aromatic N) is 4. The third-order valence-electron chi connectivity index (χ3n) is 7.57. The van der Waals surface area contributed by atoms with E-state index in [9.17, 15) is 9.59 Å². The maximum atomic E-state index is 13.0. The second-order valence-corrected chi connectivity index (χ2v) is 10.9. The quantitative estimate of drug-likeness (QED) is 0.229. The summed E-state index contributed by atoms with van der Waals surface area (Å²) in [5, 5.41) is 7.33. The van der Waals surface area contributed by atoms with Crippen molar-refractivity contribution in [3.05, 3.63) is 66.5 Å². The molecule has 222 valence electrons. The van der Waals surface area contributed by atoms with Crippen molar-refractivity contribution >= 4 is 34.3 Å². The second-order valence-electron chi connectivity index (χ2n) is 10.9. The number of hydrogen-bond acceptors (Lipinski definition) is 9. The van der Waals surface area contributed by atoms with Crippen LogP contribution in [0.1, 0.15) is 38.3 Å². The lowest BCUT2D eigenvalue weighted by Gasteiger charge is -2.33. The molecule has 2 heterocycles. The van der Waals surface area contributed by atoms with Crippen molar-refractivity contribution in [2.24, 2.45) is 5.92 Å². The van der Waals surface area contributed by atoms with Gasteiger partial charge >= 0.3 is 5.97 Å². The maximum absolute atomic E-state index is 13.0. The minimum atomic E-state index is -0.226. The van der Waals surface area contributed by atoms with E-state index < -0.39 is 0 Å². The number of fused-ring (bicyclic) bond motifs is 1. The highest BCUT2D eigenvalue weighted by molar-refractivity contribution is 6.03. The van der Waals surface area contributed by atoms with Gasteiger partial charge in [0.05, 0.1) is 31.0 Å². The first-order valence-electron chi connectivity index (χ1n) is 14.8. The summed E-state index contributed by atoms with van der Waals surface area (Å²) in [6.07, 6.45) is 7.33. The predicted octanol–water partition coefficient (Wildman–Crippen LogP) is 4.27. The highest BCUT2D eigenvalue weighted by atomic mass is 16.5. The van der Waals surface area contributed by atoms with Crippen molar-refractivity contribution in [2.75, 3.05) is 63.1 Å². The molecule has 1 atom stereocenters. The zero-order chi connectivity index (χ0) is 29.3. The van der Waals surface area contributed by atoms with Gasteiger partial charge < -0.3 is 20.1 Å². The molecule has 42 heavy (non-hydrogen) atoms. The van der Waals surface area contributed by atoms with E-state index in [1.54, 1.807) is 12.4 Å². The summed E-state index contributed by atoms with van der Waals surface area (Å²) < 4.78 is 11.2. The van der Waals surface area contributed by atoms with Crippen LogP contribution in [0.2, 0.25) is 0 Å². The van der Waals surface area contributed by atoms with Crippen LogP contribution in [0.25, 0.3) is 10.9 Å². The number of carbonyl (C=O) groups excluding carboxylic acids is 2. The van der Waals surface area contributed by atoms with E-state index in [1.807, 2.05) is 43.3 Å². The summed E-state index contributed by atoms with van der Waals surface area (Å²) in [5.41, 5.74) is 2.48. The first kappa shape index (κ1) is 29.5. The molecule has 10 nitrogen and oxygen atoms in total. The molecule has 1 saturated heterocycles. The molecular weight excluding hydrogens is 532 g/mol. The minimum Gasteiger partial charge on any atom is -0.491 e. The molecule has 1 aromatic heterocycles. The molecule has 1 aliphatic heterocycles. The number of hydrogen-bond donors (Lipinski definition) is 2. The molecule has 0 radical (unpaired) electrons. The number of benzene rings is 2. The van der Waals surface area contributed by atoms with Crippen molar-refractivity contribution in [1.82, 2.24) is 19.8 Å². The highest BCUT2D eigenvalue weighted by Crippen LogP contribution is 2.36. The average molecular weight is 573 g/mol. The van der Waals surface area contributed by atoms with Crippen LogP contribution < -0.4 is 15.4 Å². The number of piperazine rings is 1. The van der Waals surface area contributed by atoms with Crippen molar-refractivity contribution in [3.8, 4) is 5.75 Å². The van der Waals surface area contributed by atoms with E-state index in [2.05, 4.69) is 49.5 Å². The fourth-order valence-corrected chi connectivity index (χ4v) is 4.94. The number of carbonyl (C=O) groups is 2.